The monoisotopic (exact) mass is 304 g/mol. The number of ether oxygens (including phenoxy) is 1. The minimum Gasteiger partial charge on any atom is -0.461 e. The van der Waals surface area contributed by atoms with Crippen molar-refractivity contribution in [3.8, 4) is 0 Å². The maximum absolute atomic E-state index is 12.0. The summed E-state index contributed by atoms with van der Waals surface area (Å²) in [5, 5.41) is 3.25. The molecule has 0 bridgehead atoms. The van der Waals surface area contributed by atoms with Gasteiger partial charge in [-0.2, -0.15) is 0 Å². The Morgan fingerprint density at radius 1 is 1.38 bits per heavy atom. The molecule has 1 N–H and O–H groups in total. The van der Waals surface area contributed by atoms with Gasteiger partial charge in [0, 0.05) is 11.3 Å². The third-order valence-corrected chi connectivity index (χ3v) is 3.81. The van der Waals surface area contributed by atoms with E-state index in [1.165, 1.54) is 11.3 Å². The zero-order chi connectivity index (χ0) is 15.1. The lowest BCUT2D eigenvalue weighted by atomic mass is 10.1. The second-order valence-electron chi connectivity index (χ2n) is 4.26. The smallest absolute Gasteiger partial charge is 0.358 e. The minimum absolute atomic E-state index is 0.309. The first-order valence-electron chi connectivity index (χ1n) is 6.61. The lowest BCUT2D eigenvalue weighted by Crippen LogP contribution is -2.11. The number of thiazole rings is 1. The highest BCUT2D eigenvalue weighted by Crippen LogP contribution is 2.23. The van der Waals surface area contributed by atoms with E-state index in [1.807, 2.05) is 30.3 Å². The highest BCUT2D eigenvalue weighted by molar-refractivity contribution is 7.12. The molecule has 1 heterocycles. The third-order valence-electron chi connectivity index (χ3n) is 2.75. The van der Waals surface area contributed by atoms with Crippen LogP contribution in [0.3, 0.4) is 0 Å². The molecule has 1 aromatic carbocycles. The Hall–Kier alpha value is -2.21. The van der Waals surface area contributed by atoms with E-state index in [2.05, 4.69) is 10.3 Å². The molecule has 5 nitrogen and oxygen atoms in total. The summed E-state index contributed by atoms with van der Waals surface area (Å²) in [6, 6.07) is 9.85. The second kappa shape index (κ2) is 7.54. The quantitative estimate of drug-likeness (QED) is 0.628. The molecule has 1 aromatic heterocycles. The van der Waals surface area contributed by atoms with Gasteiger partial charge in [-0.05, 0) is 12.5 Å². The molecule has 0 saturated carbocycles. The molecule has 21 heavy (non-hydrogen) atoms. The van der Waals surface area contributed by atoms with Crippen molar-refractivity contribution < 1.29 is 14.3 Å². The highest BCUT2D eigenvalue weighted by atomic mass is 32.1. The zero-order valence-corrected chi connectivity index (χ0v) is 12.5. The molecule has 0 aliphatic rings. The van der Waals surface area contributed by atoms with Gasteiger partial charge in [0.15, 0.2) is 5.69 Å². The molecule has 0 atom stereocenters. The Bertz CT molecular complexity index is 611. The predicted molar refractivity (Wildman–Crippen MR) is 80.2 cm³/mol. The van der Waals surface area contributed by atoms with Crippen molar-refractivity contribution >= 4 is 23.7 Å². The summed E-state index contributed by atoms with van der Waals surface area (Å²) >= 11 is 1.42. The topological polar surface area (TPSA) is 68.3 Å². The molecule has 0 saturated heterocycles. The first-order chi connectivity index (χ1) is 10.2. The van der Waals surface area contributed by atoms with Gasteiger partial charge in [0.05, 0.1) is 13.2 Å². The van der Waals surface area contributed by atoms with E-state index in [0.717, 1.165) is 10.4 Å². The fraction of sp³-hybridized carbons (Fsp3) is 0.267. The Kier molecular flexibility index (Phi) is 5.45. The van der Waals surface area contributed by atoms with Crippen molar-refractivity contribution in [1.82, 2.24) is 10.3 Å². The molecule has 0 fully saturated rings. The van der Waals surface area contributed by atoms with Gasteiger partial charge in [-0.15, -0.1) is 11.3 Å². The van der Waals surface area contributed by atoms with E-state index in [-0.39, 0.29) is 0 Å². The van der Waals surface area contributed by atoms with Crippen molar-refractivity contribution in [3.63, 3.8) is 0 Å². The standard InChI is InChI=1S/C15H16N2O3S/c1-2-20-15(19)14-12(8-11-6-4-3-5-7-11)21-13(17-14)9-16-10-18/h3-7,10H,2,8-9H2,1H3,(H,16,18). The molecule has 1 amide bonds. The van der Waals surface area contributed by atoms with E-state index in [4.69, 9.17) is 4.74 Å². The van der Waals surface area contributed by atoms with E-state index in [9.17, 15) is 9.59 Å². The van der Waals surface area contributed by atoms with E-state index >= 15 is 0 Å². The van der Waals surface area contributed by atoms with Gasteiger partial charge in [0.25, 0.3) is 0 Å². The Morgan fingerprint density at radius 2 is 2.14 bits per heavy atom. The number of esters is 1. The first kappa shape index (κ1) is 15.2. The largest absolute Gasteiger partial charge is 0.461 e. The van der Waals surface area contributed by atoms with Gasteiger partial charge in [-0.3, -0.25) is 4.79 Å². The van der Waals surface area contributed by atoms with Gasteiger partial charge in [-0.1, -0.05) is 30.3 Å². The number of nitrogens with zero attached hydrogens (tertiary/aromatic N) is 1. The summed E-state index contributed by atoms with van der Waals surface area (Å²) in [5.74, 6) is -0.419. The predicted octanol–water partition coefficient (Wildman–Crippen LogP) is 2.16. The van der Waals surface area contributed by atoms with Gasteiger partial charge in [-0.25, -0.2) is 9.78 Å². The highest BCUT2D eigenvalue weighted by Gasteiger charge is 2.19. The van der Waals surface area contributed by atoms with Crippen molar-refractivity contribution in [2.24, 2.45) is 0 Å². The molecular formula is C15H16N2O3S. The second-order valence-corrected chi connectivity index (χ2v) is 5.43. The van der Waals surface area contributed by atoms with Crippen LogP contribution in [0.4, 0.5) is 0 Å². The van der Waals surface area contributed by atoms with Crippen LogP contribution in [0.5, 0.6) is 0 Å². The maximum Gasteiger partial charge on any atom is 0.358 e. The Labute approximate surface area is 127 Å². The van der Waals surface area contributed by atoms with Crippen LogP contribution in [-0.4, -0.2) is 24.0 Å². The summed E-state index contributed by atoms with van der Waals surface area (Å²) in [6.45, 7) is 2.38. The van der Waals surface area contributed by atoms with Crippen LogP contribution in [0.1, 0.15) is 32.9 Å². The first-order valence-corrected chi connectivity index (χ1v) is 7.43. The lowest BCUT2D eigenvalue weighted by molar-refractivity contribution is -0.109. The van der Waals surface area contributed by atoms with Crippen LogP contribution < -0.4 is 5.32 Å². The molecular weight excluding hydrogens is 288 g/mol. The van der Waals surface area contributed by atoms with E-state index < -0.39 is 5.97 Å². The SMILES string of the molecule is CCOC(=O)c1nc(CNC=O)sc1Cc1ccccc1. The van der Waals surface area contributed by atoms with Gasteiger partial charge < -0.3 is 10.1 Å². The Balaban J connectivity index is 2.25. The van der Waals surface area contributed by atoms with Crippen LogP contribution in [-0.2, 0) is 22.5 Å². The molecule has 0 radical (unpaired) electrons. The zero-order valence-electron chi connectivity index (χ0n) is 11.7. The number of nitrogens with one attached hydrogen (secondary N) is 1. The average molecular weight is 304 g/mol. The fourth-order valence-corrected chi connectivity index (χ4v) is 2.91. The third kappa shape index (κ3) is 4.13. The molecule has 6 heteroatoms. The molecule has 0 unspecified atom stereocenters. The number of rotatable bonds is 7. The number of hydrogen-bond donors (Lipinski definition) is 1. The normalized spacial score (nSPS) is 10.1. The van der Waals surface area contributed by atoms with Gasteiger partial charge >= 0.3 is 5.97 Å². The van der Waals surface area contributed by atoms with Crippen LogP contribution in [0.15, 0.2) is 30.3 Å². The number of benzene rings is 1. The average Bonchev–Trinajstić information content (AvgIpc) is 2.89. The minimum atomic E-state index is -0.419. The number of amides is 1. The Morgan fingerprint density at radius 3 is 2.81 bits per heavy atom. The van der Waals surface area contributed by atoms with E-state index in [0.29, 0.717) is 36.7 Å². The van der Waals surface area contributed by atoms with Crippen LogP contribution >= 0.6 is 11.3 Å². The summed E-state index contributed by atoms with van der Waals surface area (Å²) in [4.78, 5) is 27.5. The molecule has 2 rings (SSSR count). The van der Waals surface area contributed by atoms with Crippen molar-refractivity contribution in [2.75, 3.05) is 6.61 Å². The van der Waals surface area contributed by atoms with Crippen LogP contribution in [0, 0.1) is 0 Å². The molecule has 2 aromatic rings. The number of aromatic nitrogens is 1. The number of carbonyl (C=O) groups is 2. The van der Waals surface area contributed by atoms with Crippen molar-refractivity contribution in [3.05, 3.63) is 51.5 Å². The molecule has 110 valence electrons. The number of carbonyl (C=O) groups excluding carboxylic acids is 2. The van der Waals surface area contributed by atoms with Gasteiger partial charge in [0.1, 0.15) is 5.01 Å². The fourth-order valence-electron chi connectivity index (χ4n) is 1.87. The molecule has 0 spiro atoms. The summed E-state index contributed by atoms with van der Waals surface area (Å²) in [7, 11) is 0. The summed E-state index contributed by atoms with van der Waals surface area (Å²) in [5.41, 5.74) is 1.44. The van der Waals surface area contributed by atoms with Crippen LogP contribution in [0.2, 0.25) is 0 Å². The summed E-state index contributed by atoms with van der Waals surface area (Å²) < 4.78 is 5.04. The lowest BCUT2D eigenvalue weighted by Gasteiger charge is -2.02. The van der Waals surface area contributed by atoms with Gasteiger partial charge in [0.2, 0.25) is 6.41 Å². The van der Waals surface area contributed by atoms with E-state index in [1.54, 1.807) is 6.92 Å². The van der Waals surface area contributed by atoms with Crippen molar-refractivity contribution in [2.45, 2.75) is 19.9 Å². The van der Waals surface area contributed by atoms with Crippen molar-refractivity contribution in [1.29, 1.82) is 0 Å². The van der Waals surface area contributed by atoms with Crippen LogP contribution in [0.25, 0.3) is 0 Å². The number of hydrogen-bond acceptors (Lipinski definition) is 5. The summed E-state index contributed by atoms with van der Waals surface area (Å²) in [6.07, 6.45) is 1.23. The molecule has 0 aliphatic heterocycles. The maximum atomic E-state index is 12.0. The molecule has 0 aliphatic carbocycles.